The van der Waals surface area contributed by atoms with Crippen LogP contribution in [0.4, 0.5) is 4.39 Å². The molecule has 4 N–H and O–H groups in total. The van der Waals surface area contributed by atoms with Crippen molar-refractivity contribution in [1.82, 2.24) is 0 Å². The molecular weight excluding hydrogens is 383 g/mol. The van der Waals surface area contributed by atoms with Gasteiger partial charge in [-0.15, -0.1) is 11.3 Å². The van der Waals surface area contributed by atoms with E-state index in [1.807, 2.05) is 13.0 Å². The maximum absolute atomic E-state index is 14.1. The quantitative estimate of drug-likeness (QED) is 0.347. The minimum absolute atomic E-state index is 0.00804. The average Bonchev–Trinajstić information content (AvgIpc) is 3.13. The first-order valence-corrected chi connectivity index (χ1v) is 10.6. The number of carboxylic acid groups (broad SMARTS) is 1. The number of aliphatic carboxylic acids is 1. The van der Waals surface area contributed by atoms with E-state index >= 15 is 0 Å². The third-order valence-electron chi connectivity index (χ3n) is 5.16. The van der Waals surface area contributed by atoms with E-state index < -0.39 is 29.7 Å². The number of carboxylic acids is 1. The molecule has 0 spiro atoms. The van der Waals surface area contributed by atoms with Crippen molar-refractivity contribution >= 4 is 22.9 Å². The predicted molar refractivity (Wildman–Crippen MR) is 107 cm³/mol. The second-order valence-electron chi connectivity index (χ2n) is 7.37. The minimum atomic E-state index is -1.44. The Balaban J connectivity index is 2.17. The van der Waals surface area contributed by atoms with Gasteiger partial charge < -0.3 is 20.4 Å². The second-order valence-corrected chi connectivity index (χ2v) is 8.29. The van der Waals surface area contributed by atoms with E-state index in [0.29, 0.717) is 36.1 Å². The van der Waals surface area contributed by atoms with Crippen LogP contribution in [-0.4, -0.2) is 44.2 Å². The molecule has 1 aliphatic rings. The van der Waals surface area contributed by atoms with Gasteiger partial charge >= 0.3 is 5.97 Å². The number of allylic oxidation sites excluding steroid dienone is 3. The van der Waals surface area contributed by atoms with Crippen LogP contribution >= 0.6 is 11.3 Å². The summed E-state index contributed by atoms with van der Waals surface area (Å²) in [6, 6.07) is 1.39. The van der Waals surface area contributed by atoms with Gasteiger partial charge in [-0.25, -0.2) is 4.39 Å². The molecule has 0 amide bonds. The molecule has 0 aliphatic heterocycles. The van der Waals surface area contributed by atoms with Crippen molar-refractivity contribution in [1.29, 1.82) is 0 Å². The predicted octanol–water partition coefficient (Wildman–Crippen LogP) is 3.74. The highest BCUT2D eigenvalue weighted by Crippen LogP contribution is 2.42. The number of aliphatic hydroxyl groups excluding tert-OH is 2. The Hall–Kier alpha value is -1.54. The van der Waals surface area contributed by atoms with E-state index in [4.69, 9.17) is 5.11 Å². The van der Waals surface area contributed by atoms with Gasteiger partial charge in [-0.3, -0.25) is 4.79 Å². The summed E-state index contributed by atoms with van der Waals surface area (Å²) in [4.78, 5) is 11.0. The molecule has 1 aromatic rings. The van der Waals surface area contributed by atoms with Crippen molar-refractivity contribution < 1.29 is 29.6 Å². The van der Waals surface area contributed by atoms with Gasteiger partial charge in [0.1, 0.15) is 5.82 Å². The average molecular weight is 413 g/mol. The van der Waals surface area contributed by atoms with Crippen LogP contribution in [-0.2, 0) is 4.79 Å². The highest BCUT2D eigenvalue weighted by atomic mass is 32.1. The molecule has 1 heterocycles. The number of unbranched alkanes of at least 4 members (excludes halogenated alkanes) is 1. The molecule has 1 fully saturated rings. The maximum Gasteiger partial charge on any atom is 0.303 e. The molecular formula is C21H29FO5S. The van der Waals surface area contributed by atoms with Crippen molar-refractivity contribution in [3.8, 4) is 0 Å². The van der Waals surface area contributed by atoms with Crippen molar-refractivity contribution in [3.63, 3.8) is 0 Å². The lowest BCUT2D eigenvalue weighted by molar-refractivity contribution is -0.137. The first-order valence-electron chi connectivity index (χ1n) is 9.69. The van der Waals surface area contributed by atoms with Crippen LogP contribution in [0.3, 0.4) is 0 Å². The smallest absolute Gasteiger partial charge is 0.303 e. The number of halogens is 1. The van der Waals surface area contributed by atoms with E-state index in [2.05, 4.69) is 0 Å². The number of rotatable bonds is 10. The van der Waals surface area contributed by atoms with Gasteiger partial charge in [0, 0.05) is 18.8 Å². The molecule has 2 unspecified atom stereocenters. The fraction of sp³-hybridized carbons (Fsp3) is 0.571. The summed E-state index contributed by atoms with van der Waals surface area (Å²) in [6.07, 6.45) is 6.01. The molecule has 7 heteroatoms. The van der Waals surface area contributed by atoms with Crippen molar-refractivity contribution in [2.45, 2.75) is 69.7 Å². The number of hydrogen-bond donors (Lipinski definition) is 4. The van der Waals surface area contributed by atoms with Crippen LogP contribution in [0.25, 0.3) is 5.57 Å². The number of hydrogen-bond acceptors (Lipinski definition) is 5. The van der Waals surface area contributed by atoms with E-state index in [9.17, 15) is 24.5 Å². The van der Waals surface area contributed by atoms with E-state index in [1.165, 1.54) is 17.4 Å². The standard InChI is InChI=1S/C21H29FO5S/c1-2-7-14(20-16(22)10-11-28-20)12-21(27)13-17(23)19(26)15(21)8-5-3-4-6-9-18(24)25/h3,5,10-12,15,17,19,23,26-27H,2,4,6-9,13H2,1H3,(H,24,25)/b5-3-,14-12+/t15?,17-,19?,21+/m0/s1. The molecule has 0 saturated heterocycles. The summed E-state index contributed by atoms with van der Waals surface area (Å²) >= 11 is 1.27. The Morgan fingerprint density at radius 1 is 1.36 bits per heavy atom. The van der Waals surface area contributed by atoms with Gasteiger partial charge in [0.05, 0.1) is 22.7 Å². The zero-order chi connectivity index (χ0) is 20.7. The SMILES string of the molecule is CCC/C(=C\[C@@]1(O)C[C@H](O)C(O)C1C/C=C\CCCC(=O)O)c1sccc1F. The highest BCUT2D eigenvalue weighted by molar-refractivity contribution is 7.11. The molecule has 0 radical (unpaired) electrons. The molecule has 2 rings (SSSR count). The fourth-order valence-corrected chi connectivity index (χ4v) is 4.57. The number of carbonyl (C=O) groups is 1. The van der Waals surface area contributed by atoms with Gasteiger partial charge in [-0.05, 0) is 48.8 Å². The van der Waals surface area contributed by atoms with Crippen molar-refractivity contribution in [2.75, 3.05) is 0 Å². The lowest BCUT2D eigenvalue weighted by atomic mass is 9.84. The van der Waals surface area contributed by atoms with Crippen molar-refractivity contribution in [3.05, 3.63) is 40.4 Å². The Bertz CT molecular complexity index is 713. The molecule has 1 saturated carbocycles. The molecule has 5 nitrogen and oxygen atoms in total. The van der Waals surface area contributed by atoms with Crippen LogP contribution in [0.15, 0.2) is 29.7 Å². The zero-order valence-corrected chi connectivity index (χ0v) is 16.9. The Kier molecular flexibility index (Phi) is 8.37. The third kappa shape index (κ3) is 5.73. The van der Waals surface area contributed by atoms with Crippen LogP contribution in [0.2, 0.25) is 0 Å². The van der Waals surface area contributed by atoms with E-state index in [-0.39, 0.29) is 18.7 Å². The Morgan fingerprint density at radius 2 is 2.11 bits per heavy atom. The van der Waals surface area contributed by atoms with E-state index in [1.54, 1.807) is 17.5 Å². The molecule has 0 aromatic carbocycles. The normalized spacial score (nSPS) is 28.3. The summed E-state index contributed by atoms with van der Waals surface area (Å²) in [5.74, 6) is -1.79. The van der Waals surface area contributed by atoms with Gasteiger partial charge in [0.2, 0.25) is 0 Å². The van der Waals surface area contributed by atoms with E-state index in [0.717, 1.165) is 6.42 Å². The zero-order valence-electron chi connectivity index (χ0n) is 16.1. The monoisotopic (exact) mass is 412 g/mol. The highest BCUT2D eigenvalue weighted by Gasteiger charge is 2.50. The molecule has 0 bridgehead atoms. The van der Waals surface area contributed by atoms with Gasteiger partial charge in [0.25, 0.3) is 0 Å². The van der Waals surface area contributed by atoms with Crippen LogP contribution < -0.4 is 0 Å². The third-order valence-corrected chi connectivity index (χ3v) is 6.12. The second kappa shape index (κ2) is 10.3. The van der Waals surface area contributed by atoms with Gasteiger partial charge in [-0.2, -0.15) is 0 Å². The fourth-order valence-electron chi connectivity index (χ4n) is 3.76. The summed E-state index contributed by atoms with van der Waals surface area (Å²) in [5, 5.41) is 42.0. The lowest BCUT2D eigenvalue weighted by Crippen LogP contribution is -2.35. The molecule has 156 valence electrons. The molecule has 4 atom stereocenters. The molecule has 1 aromatic heterocycles. The summed E-state index contributed by atoms with van der Waals surface area (Å²) in [7, 11) is 0. The number of thiophene rings is 1. The first kappa shape index (κ1) is 22.7. The Morgan fingerprint density at radius 3 is 2.71 bits per heavy atom. The van der Waals surface area contributed by atoms with Crippen LogP contribution in [0.5, 0.6) is 0 Å². The largest absolute Gasteiger partial charge is 0.481 e. The number of aliphatic hydroxyl groups is 3. The van der Waals surface area contributed by atoms with Crippen molar-refractivity contribution in [2.24, 2.45) is 5.92 Å². The summed E-state index contributed by atoms with van der Waals surface area (Å²) in [5.41, 5.74) is -0.750. The van der Waals surface area contributed by atoms with Crippen LogP contribution in [0, 0.1) is 11.7 Å². The molecule has 28 heavy (non-hydrogen) atoms. The first-order chi connectivity index (χ1) is 13.3. The maximum atomic E-state index is 14.1. The summed E-state index contributed by atoms with van der Waals surface area (Å²) < 4.78 is 14.1. The topological polar surface area (TPSA) is 98.0 Å². The van der Waals surface area contributed by atoms with Crippen LogP contribution in [0.1, 0.15) is 56.7 Å². The summed E-state index contributed by atoms with van der Waals surface area (Å²) in [6.45, 7) is 1.97. The molecule has 1 aliphatic carbocycles. The van der Waals surface area contributed by atoms with Gasteiger partial charge in [0.15, 0.2) is 0 Å². The van der Waals surface area contributed by atoms with Gasteiger partial charge in [-0.1, -0.05) is 25.5 Å². The minimum Gasteiger partial charge on any atom is -0.481 e. The lowest BCUT2D eigenvalue weighted by Gasteiger charge is -2.28. The Labute approximate surface area is 168 Å².